The summed E-state index contributed by atoms with van der Waals surface area (Å²) >= 11 is 0. The van der Waals surface area contributed by atoms with Crippen LogP contribution >= 0.6 is 7.82 Å². The number of carbonyl (C=O) groups excluding carboxylic acids is 1. The lowest BCUT2D eigenvalue weighted by Crippen LogP contribution is -2.46. The Balaban J connectivity index is 4.12. The highest BCUT2D eigenvalue weighted by Crippen LogP contribution is 2.38. The van der Waals surface area contributed by atoms with Gasteiger partial charge in [-0.05, 0) is 44.9 Å². The molecular formula is C48H95N2O6P. The summed E-state index contributed by atoms with van der Waals surface area (Å²) < 4.78 is 23.2. The van der Waals surface area contributed by atoms with E-state index in [4.69, 9.17) is 9.05 Å². The zero-order valence-corrected chi connectivity index (χ0v) is 39.2. The summed E-state index contributed by atoms with van der Waals surface area (Å²) in [5.74, 6) is -0.166. The first kappa shape index (κ1) is 56.0. The Labute approximate surface area is 354 Å². The molecule has 2 N–H and O–H groups in total. The van der Waals surface area contributed by atoms with E-state index in [2.05, 4.69) is 43.5 Å². The van der Waals surface area contributed by atoms with Crippen LogP contribution in [0.1, 0.15) is 226 Å². The predicted octanol–water partition coefficient (Wildman–Crippen LogP) is 13.1. The number of nitrogens with one attached hydrogen (secondary N) is 1. The summed E-state index contributed by atoms with van der Waals surface area (Å²) in [4.78, 5) is 25.3. The minimum Gasteiger partial charge on any atom is -0.756 e. The van der Waals surface area contributed by atoms with E-state index >= 15 is 0 Å². The van der Waals surface area contributed by atoms with Crippen molar-refractivity contribution in [2.24, 2.45) is 0 Å². The second-order valence-corrected chi connectivity index (χ2v) is 19.2. The normalized spacial score (nSPS) is 14.4. The van der Waals surface area contributed by atoms with Crippen molar-refractivity contribution in [2.75, 3.05) is 40.9 Å². The maximum atomic E-state index is 12.9. The lowest BCUT2D eigenvalue weighted by atomic mass is 10.0. The average Bonchev–Trinajstić information content (AvgIpc) is 3.16. The van der Waals surface area contributed by atoms with Gasteiger partial charge >= 0.3 is 0 Å². The fourth-order valence-electron chi connectivity index (χ4n) is 7.07. The first-order valence-corrected chi connectivity index (χ1v) is 25.6. The molecule has 0 aromatic rings. The highest BCUT2D eigenvalue weighted by molar-refractivity contribution is 7.45. The molecule has 0 bridgehead atoms. The van der Waals surface area contributed by atoms with Gasteiger partial charge in [-0.15, -0.1) is 0 Å². The van der Waals surface area contributed by atoms with Crippen LogP contribution in [-0.2, 0) is 18.4 Å². The van der Waals surface area contributed by atoms with E-state index in [0.29, 0.717) is 23.9 Å². The highest BCUT2D eigenvalue weighted by Gasteiger charge is 2.24. The quantitative estimate of drug-likeness (QED) is 0.0274. The molecule has 0 aliphatic carbocycles. The number of likely N-dealkylation sites (N-methyl/N-ethyl adjacent to an activating group) is 1. The SMILES string of the molecule is CCCCCCC/C=C\C/C=C\CCCCCCCCCCCCCCCC(=O)NC(COP(=O)([O-])OCC[N+](C)(C)C)C(O)CCCCCCCCCCCC. The van der Waals surface area contributed by atoms with Crippen molar-refractivity contribution in [2.45, 2.75) is 238 Å². The van der Waals surface area contributed by atoms with E-state index in [-0.39, 0.29) is 19.1 Å². The number of rotatable bonds is 44. The molecule has 0 fully saturated rings. The van der Waals surface area contributed by atoms with Crippen molar-refractivity contribution in [1.82, 2.24) is 5.32 Å². The molecule has 338 valence electrons. The first-order valence-electron chi connectivity index (χ1n) is 24.2. The van der Waals surface area contributed by atoms with Gasteiger partial charge in [0.25, 0.3) is 7.82 Å². The molecule has 0 aliphatic heterocycles. The highest BCUT2D eigenvalue weighted by atomic mass is 31.2. The Bertz CT molecular complexity index is 984. The van der Waals surface area contributed by atoms with Crippen molar-refractivity contribution < 1.29 is 32.9 Å². The van der Waals surface area contributed by atoms with Crippen LogP contribution in [0.4, 0.5) is 0 Å². The summed E-state index contributed by atoms with van der Waals surface area (Å²) in [6, 6.07) is -0.797. The molecule has 0 rings (SSSR count). The van der Waals surface area contributed by atoms with Crippen LogP contribution < -0.4 is 10.2 Å². The molecule has 9 heteroatoms. The molecule has 0 spiro atoms. The summed E-state index contributed by atoms with van der Waals surface area (Å²) in [5, 5.41) is 13.9. The van der Waals surface area contributed by atoms with Gasteiger partial charge in [-0.2, -0.15) is 0 Å². The molecule has 8 nitrogen and oxygen atoms in total. The van der Waals surface area contributed by atoms with Gasteiger partial charge in [0.1, 0.15) is 13.2 Å². The zero-order valence-electron chi connectivity index (χ0n) is 38.3. The molecule has 0 aromatic carbocycles. The first-order chi connectivity index (χ1) is 27.5. The molecule has 0 heterocycles. The third-order valence-electron chi connectivity index (χ3n) is 10.9. The molecule has 1 amide bonds. The van der Waals surface area contributed by atoms with Gasteiger partial charge in [0.05, 0.1) is 39.9 Å². The topological polar surface area (TPSA) is 108 Å². The van der Waals surface area contributed by atoms with Gasteiger partial charge < -0.3 is 28.8 Å². The Kier molecular flexibility index (Phi) is 39.7. The van der Waals surface area contributed by atoms with Crippen LogP contribution in [0.3, 0.4) is 0 Å². The Morgan fingerprint density at radius 2 is 1.02 bits per heavy atom. The van der Waals surface area contributed by atoms with Crippen molar-refractivity contribution in [3.8, 4) is 0 Å². The number of unbranched alkanes of at least 4 members (excludes halogenated alkanes) is 27. The number of phosphoric acid groups is 1. The zero-order chi connectivity index (χ0) is 42.1. The van der Waals surface area contributed by atoms with Crippen molar-refractivity contribution in [1.29, 1.82) is 0 Å². The van der Waals surface area contributed by atoms with Crippen molar-refractivity contribution in [3.63, 3.8) is 0 Å². The number of nitrogens with zero attached hydrogens (tertiary/aromatic N) is 1. The summed E-state index contributed by atoms with van der Waals surface area (Å²) in [6.45, 7) is 4.70. The average molecular weight is 827 g/mol. The smallest absolute Gasteiger partial charge is 0.268 e. The maximum Gasteiger partial charge on any atom is 0.268 e. The van der Waals surface area contributed by atoms with Gasteiger partial charge in [-0.25, -0.2) is 0 Å². The van der Waals surface area contributed by atoms with Crippen LogP contribution in [0, 0.1) is 0 Å². The van der Waals surface area contributed by atoms with Crippen molar-refractivity contribution >= 4 is 13.7 Å². The fourth-order valence-corrected chi connectivity index (χ4v) is 7.79. The molecule has 0 saturated heterocycles. The number of amides is 1. The maximum absolute atomic E-state index is 12.9. The van der Waals surface area contributed by atoms with Crippen LogP contribution in [-0.4, -0.2) is 68.5 Å². The van der Waals surface area contributed by atoms with E-state index in [1.807, 2.05) is 21.1 Å². The van der Waals surface area contributed by atoms with E-state index < -0.39 is 20.0 Å². The molecule has 57 heavy (non-hydrogen) atoms. The molecule has 0 radical (unpaired) electrons. The number of phosphoric ester groups is 1. The summed E-state index contributed by atoms with van der Waals surface area (Å²) in [5.41, 5.74) is 0. The number of aliphatic hydroxyl groups is 1. The van der Waals surface area contributed by atoms with E-state index in [1.54, 1.807) is 0 Å². The number of aliphatic hydroxyl groups excluding tert-OH is 1. The van der Waals surface area contributed by atoms with Crippen LogP contribution in [0.2, 0.25) is 0 Å². The number of hydrogen-bond acceptors (Lipinski definition) is 6. The third-order valence-corrected chi connectivity index (χ3v) is 11.9. The lowest BCUT2D eigenvalue weighted by Gasteiger charge is -2.30. The molecule has 0 aromatic heterocycles. The number of hydrogen-bond donors (Lipinski definition) is 2. The molecule has 3 atom stereocenters. The van der Waals surface area contributed by atoms with Crippen molar-refractivity contribution in [3.05, 3.63) is 24.3 Å². The van der Waals surface area contributed by atoms with Crippen LogP contribution in [0.15, 0.2) is 24.3 Å². The molecule has 3 unspecified atom stereocenters. The Hall–Kier alpha value is -1.02. The monoisotopic (exact) mass is 827 g/mol. The molecular weight excluding hydrogens is 732 g/mol. The van der Waals surface area contributed by atoms with Gasteiger partial charge in [-0.3, -0.25) is 9.36 Å². The summed E-state index contributed by atoms with van der Waals surface area (Å²) in [7, 11) is 1.31. The summed E-state index contributed by atoms with van der Waals surface area (Å²) in [6.07, 6.45) is 47.7. The Morgan fingerprint density at radius 1 is 0.614 bits per heavy atom. The largest absolute Gasteiger partial charge is 0.756 e. The minimum absolute atomic E-state index is 0.0129. The van der Waals surface area contributed by atoms with Gasteiger partial charge in [0, 0.05) is 6.42 Å². The fraction of sp³-hybridized carbons (Fsp3) is 0.896. The number of carbonyl (C=O) groups is 1. The second kappa shape index (κ2) is 40.4. The predicted molar refractivity (Wildman–Crippen MR) is 242 cm³/mol. The Morgan fingerprint density at radius 3 is 1.46 bits per heavy atom. The van der Waals surface area contributed by atoms with E-state index in [0.717, 1.165) is 44.9 Å². The second-order valence-electron chi connectivity index (χ2n) is 17.8. The number of allylic oxidation sites excluding steroid dienone is 4. The third kappa shape index (κ3) is 42.9. The lowest BCUT2D eigenvalue weighted by molar-refractivity contribution is -0.870. The van der Waals surface area contributed by atoms with Crippen LogP contribution in [0.5, 0.6) is 0 Å². The molecule has 0 saturated carbocycles. The molecule has 0 aliphatic rings. The number of quaternary nitrogens is 1. The van der Waals surface area contributed by atoms with Gasteiger partial charge in [-0.1, -0.05) is 199 Å². The van der Waals surface area contributed by atoms with E-state index in [9.17, 15) is 19.4 Å². The van der Waals surface area contributed by atoms with Gasteiger partial charge in [0.15, 0.2) is 0 Å². The van der Waals surface area contributed by atoms with E-state index in [1.165, 1.54) is 154 Å². The van der Waals surface area contributed by atoms with Gasteiger partial charge in [0.2, 0.25) is 5.91 Å². The minimum atomic E-state index is -4.56. The standard InChI is InChI=1S/C48H95N2O6P/c1-6-8-10-12-14-16-18-19-20-21-22-23-24-25-26-27-28-29-30-31-32-34-36-38-40-42-48(52)49-46(45-56-57(53,54)55-44-43-50(3,4)5)47(51)41-39-37-35-33-17-15-13-11-9-7-2/h18-19,21-22,46-47,51H,6-17,20,23-45H2,1-5H3,(H-,49,52,53,54)/b19-18-,22-21-. The van der Waals surface area contributed by atoms with Crippen LogP contribution in [0.25, 0.3) is 0 Å².